The van der Waals surface area contributed by atoms with Gasteiger partial charge in [0.05, 0.1) is 12.7 Å². The Hall–Kier alpha value is -0.570. The fraction of sp³-hybridized carbons (Fsp3) is 0.889. The minimum atomic E-state index is 0.221. The van der Waals surface area contributed by atoms with E-state index in [1.54, 1.807) is 0 Å². The number of hydrogen-bond acceptors (Lipinski definition) is 2. The first-order chi connectivity index (χ1) is 5.84. The van der Waals surface area contributed by atoms with E-state index < -0.39 is 0 Å². The van der Waals surface area contributed by atoms with Gasteiger partial charge in [0, 0.05) is 12.5 Å². The second kappa shape index (κ2) is 3.44. The number of carbonyl (C=O) groups excluding carboxylic acids is 1. The smallest absolute Gasteiger partial charge is 0.220 e. The average molecular weight is 169 g/mol. The van der Waals surface area contributed by atoms with Crippen molar-refractivity contribution in [2.45, 2.75) is 44.2 Å². The maximum atomic E-state index is 11.1. The summed E-state index contributed by atoms with van der Waals surface area (Å²) in [5.41, 5.74) is 0. The molecule has 3 heteroatoms. The number of carbonyl (C=O) groups is 1. The predicted molar refractivity (Wildman–Crippen MR) is 44.8 cm³/mol. The van der Waals surface area contributed by atoms with Gasteiger partial charge < -0.3 is 10.1 Å². The third-order valence-electron chi connectivity index (χ3n) is 2.52. The molecule has 2 heterocycles. The van der Waals surface area contributed by atoms with Crippen LogP contribution in [0.15, 0.2) is 0 Å². The first-order valence-corrected chi connectivity index (χ1v) is 4.75. The summed E-state index contributed by atoms with van der Waals surface area (Å²) >= 11 is 0. The summed E-state index contributed by atoms with van der Waals surface area (Å²) in [4.78, 5) is 11.1. The fourth-order valence-electron chi connectivity index (χ4n) is 1.75. The van der Waals surface area contributed by atoms with Gasteiger partial charge in [0.15, 0.2) is 0 Å². The highest BCUT2D eigenvalue weighted by atomic mass is 16.6. The zero-order chi connectivity index (χ0) is 8.39. The van der Waals surface area contributed by atoms with Gasteiger partial charge in [-0.1, -0.05) is 6.42 Å². The van der Waals surface area contributed by atoms with Gasteiger partial charge in [-0.15, -0.1) is 0 Å². The van der Waals surface area contributed by atoms with E-state index >= 15 is 0 Å². The van der Waals surface area contributed by atoms with Crippen LogP contribution in [0.2, 0.25) is 0 Å². The predicted octanol–water partition coefficient (Wildman–Crippen LogP) is 0.834. The van der Waals surface area contributed by atoms with Crippen molar-refractivity contribution in [3.63, 3.8) is 0 Å². The molecule has 2 unspecified atom stereocenters. The molecular formula is C9H15NO2. The van der Waals surface area contributed by atoms with Crippen LogP contribution in [0, 0.1) is 0 Å². The van der Waals surface area contributed by atoms with Crippen LogP contribution in [-0.2, 0) is 9.53 Å². The first kappa shape index (κ1) is 8.05. The molecule has 0 radical (unpaired) electrons. The maximum absolute atomic E-state index is 11.1. The lowest BCUT2D eigenvalue weighted by molar-refractivity contribution is -0.121. The summed E-state index contributed by atoms with van der Waals surface area (Å²) in [6.07, 6.45) is 5.52. The van der Waals surface area contributed by atoms with Crippen molar-refractivity contribution in [3.8, 4) is 0 Å². The molecule has 1 N–H and O–H groups in total. The SMILES string of the molecule is O=C1CCCCC(CC2CO2)N1. The van der Waals surface area contributed by atoms with Crippen molar-refractivity contribution in [2.24, 2.45) is 0 Å². The lowest BCUT2D eigenvalue weighted by Crippen LogP contribution is -2.33. The van der Waals surface area contributed by atoms with E-state index in [-0.39, 0.29) is 5.91 Å². The van der Waals surface area contributed by atoms with Crippen LogP contribution in [0.3, 0.4) is 0 Å². The molecule has 68 valence electrons. The van der Waals surface area contributed by atoms with E-state index in [1.807, 2.05) is 0 Å². The number of amides is 1. The van der Waals surface area contributed by atoms with Gasteiger partial charge in [0.1, 0.15) is 0 Å². The van der Waals surface area contributed by atoms with Gasteiger partial charge in [-0.05, 0) is 19.3 Å². The zero-order valence-electron chi connectivity index (χ0n) is 7.21. The number of nitrogens with one attached hydrogen (secondary N) is 1. The monoisotopic (exact) mass is 169 g/mol. The molecule has 0 aliphatic carbocycles. The van der Waals surface area contributed by atoms with Crippen LogP contribution in [0.4, 0.5) is 0 Å². The zero-order valence-corrected chi connectivity index (χ0v) is 7.21. The van der Waals surface area contributed by atoms with Crippen molar-refractivity contribution >= 4 is 5.91 Å². The van der Waals surface area contributed by atoms with Crippen LogP contribution in [0.1, 0.15) is 32.1 Å². The number of ether oxygens (including phenoxy) is 1. The maximum Gasteiger partial charge on any atom is 0.220 e. The van der Waals surface area contributed by atoms with Gasteiger partial charge >= 0.3 is 0 Å². The molecule has 2 aliphatic rings. The molecule has 2 saturated heterocycles. The molecule has 2 atom stereocenters. The molecule has 0 spiro atoms. The van der Waals surface area contributed by atoms with E-state index in [1.165, 1.54) is 6.42 Å². The molecule has 0 aromatic rings. The summed E-state index contributed by atoms with van der Waals surface area (Å²) in [7, 11) is 0. The average Bonchev–Trinajstić information content (AvgIpc) is 2.80. The Morgan fingerprint density at radius 1 is 1.50 bits per heavy atom. The van der Waals surface area contributed by atoms with E-state index in [0.717, 1.165) is 25.9 Å². The largest absolute Gasteiger partial charge is 0.373 e. The summed E-state index contributed by atoms with van der Waals surface area (Å²) in [6.45, 7) is 0.895. The van der Waals surface area contributed by atoms with Gasteiger partial charge in [0.2, 0.25) is 5.91 Å². The summed E-state index contributed by atoms with van der Waals surface area (Å²) in [5, 5.41) is 3.03. The van der Waals surface area contributed by atoms with Crippen LogP contribution in [0.25, 0.3) is 0 Å². The Balaban J connectivity index is 1.81. The van der Waals surface area contributed by atoms with Crippen LogP contribution < -0.4 is 5.32 Å². The van der Waals surface area contributed by atoms with Crippen LogP contribution in [-0.4, -0.2) is 24.7 Å². The summed E-state index contributed by atoms with van der Waals surface area (Å²) < 4.78 is 5.14. The van der Waals surface area contributed by atoms with Crippen molar-refractivity contribution in [3.05, 3.63) is 0 Å². The number of rotatable bonds is 2. The highest BCUT2D eigenvalue weighted by Crippen LogP contribution is 2.20. The molecule has 2 rings (SSSR count). The Morgan fingerprint density at radius 2 is 2.33 bits per heavy atom. The minimum absolute atomic E-state index is 0.221. The Kier molecular flexibility index (Phi) is 2.30. The van der Waals surface area contributed by atoms with Gasteiger partial charge in [-0.2, -0.15) is 0 Å². The van der Waals surface area contributed by atoms with Crippen LogP contribution >= 0.6 is 0 Å². The minimum Gasteiger partial charge on any atom is -0.373 e. The molecule has 0 bridgehead atoms. The Morgan fingerprint density at radius 3 is 3.08 bits per heavy atom. The quantitative estimate of drug-likeness (QED) is 0.622. The number of hydrogen-bond donors (Lipinski definition) is 1. The van der Waals surface area contributed by atoms with Gasteiger partial charge in [0.25, 0.3) is 0 Å². The highest BCUT2D eigenvalue weighted by Gasteiger charge is 2.28. The molecule has 1 amide bonds. The summed E-state index contributed by atoms with van der Waals surface area (Å²) in [6, 6.07) is 0.382. The van der Waals surface area contributed by atoms with Crippen molar-refractivity contribution in [2.75, 3.05) is 6.61 Å². The molecule has 0 aromatic carbocycles. The molecular weight excluding hydrogens is 154 g/mol. The molecule has 2 aliphatic heterocycles. The standard InChI is InChI=1S/C9H15NO2/c11-9-4-2-1-3-7(10-9)5-8-6-12-8/h7-8H,1-6H2,(H,10,11). The van der Waals surface area contributed by atoms with Crippen molar-refractivity contribution in [1.82, 2.24) is 5.32 Å². The van der Waals surface area contributed by atoms with E-state index in [0.29, 0.717) is 18.6 Å². The van der Waals surface area contributed by atoms with Crippen molar-refractivity contribution in [1.29, 1.82) is 0 Å². The molecule has 0 saturated carbocycles. The molecule has 12 heavy (non-hydrogen) atoms. The lowest BCUT2D eigenvalue weighted by Gasteiger charge is -2.13. The fourth-order valence-corrected chi connectivity index (χ4v) is 1.75. The van der Waals surface area contributed by atoms with Gasteiger partial charge in [-0.25, -0.2) is 0 Å². The van der Waals surface area contributed by atoms with Crippen LogP contribution in [0.5, 0.6) is 0 Å². The normalized spacial score (nSPS) is 35.5. The topological polar surface area (TPSA) is 41.6 Å². The Bertz CT molecular complexity index is 177. The molecule has 3 nitrogen and oxygen atoms in total. The Labute approximate surface area is 72.5 Å². The first-order valence-electron chi connectivity index (χ1n) is 4.75. The molecule has 2 fully saturated rings. The second-order valence-corrected chi connectivity index (χ2v) is 3.70. The highest BCUT2D eigenvalue weighted by molar-refractivity contribution is 5.76. The van der Waals surface area contributed by atoms with Crippen molar-refractivity contribution < 1.29 is 9.53 Å². The molecule has 0 aromatic heterocycles. The second-order valence-electron chi connectivity index (χ2n) is 3.70. The lowest BCUT2D eigenvalue weighted by atomic mass is 10.1. The van der Waals surface area contributed by atoms with E-state index in [4.69, 9.17) is 4.74 Å². The third kappa shape index (κ3) is 2.21. The summed E-state index contributed by atoms with van der Waals surface area (Å²) in [5.74, 6) is 0.221. The third-order valence-corrected chi connectivity index (χ3v) is 2.52. The van der Waals surface area contributed by atoms with Gasteiger partial charge in [-0.3, -0.25) is 4.79 Å². The number of epoxide rings is 1. The van der Waals surface area contributed by atoms with E-state index in [2.05, 4.69) is 5.32 Å². The van der Waals surface area contributed by atoms with E-state index in [9.17, 15) is 4.79 Å².